The largest absolute Gasteiger partial charge is 0.379 e. The number of H-pyrrole nitrogens is 1. The second-order valence-electron chi connectivity index (χ2n) is 7.80. The van der Waals surface area contributed by atoms with Crippen molar-refractivity contribution >= 4 is 35.3 Å². The lowest BCUT2D eigenvalue weighted by molar-refractivity contribution is -0.119. The number of aromatic amines is 1. The number of likely N-dealkylation sites (N-methyl/N-ethyl adjacent to an activating group) is 1. The van der Waals surface area contributed by atoms with E-state index in [0.29, 0.717) is 55.3 Å². The Hall–Kier alpha value is -2.82. The second-order valence-corrected chi connectivity index (χ2v) is 8.24. The molecule has 178 valence electrons. The normalized spacial score (nSPS) is 16.1. The minimum absolute atomic E-state index is 0.0427. The third-order valence-electron chi connectivity index (χ3n) is 5.50. The standard InChI is InChI=1S/C12H15N3O4.C10H14ClN3/c16-5-1-6-19-7-4-15-10-8-13-14-12(18)9(10)2-3-11(15)17;1-13-4-6-14(7-5-13)10-3-2-9(11)8-12-10/h5,8H,1-4,6-7H2,(H,14,18);2-3,8H,4-7H2,1H3. The van der Waals surface area contributed by atoms with Crippen molar-refractivity contribution < 1.29 is 14.3 Å². The summed E-state index contributed by atoms with van der Waals surface area (Å²) in [6.07, 6.45) is 5.06. The number of nitrogens with zero attached hydrogens (tertiary/aromatic N) is 5. The summed E-state index contributed by atoms with van der Waals surface area (Å²) in [5, 5.41) is 6.78. The second kappa shape index (κ2) is 12.4. The molecule has 0 unspecified atom stereocenters. The maximum atomic E-state index is 11.9. The van der Waals surface area contributed by atoms with E-state index in [2.05, 4.69) is 32.0 Å². The molecule has 0 aromatic carbocycles. The van der Waals surface area contributed by atoms with Crippen molar-refractivity contribution in [3.8, 4) is 0 Å². The van der Waals surface area contributed by atoms with Crippen molar-refractivity contribution in [3.63, 3.8) is 0 Å². The highest BCUT2D eigenvalue weighted by Gasteiger charge is 2.26. The summed E-state index contributed by atoms with van der Waals surface area (Å²) < 4.78 is 5.24. The first-order valence-corrected chi connectivity index (χ1v) is 11.3. The first kappa shape index (κ1) is 24.8. The third kappa shape index (κ3) is 7.08. The van der Waals surface area contributed by atoms with E-state index in [9.17, 15) is 14.4 Å². The SMILES string of the molecule is CN1CCN(c2ccc(Cl)cn2)CC1.O=CCCOCCN1C(=O)CCc2c1cn[nH]c2=O. The molecule has 1 amide bonds. The van der Waals surface area contributed by atoms with Crippen LogP contribution in [-0.2, 0) is 20.7 Å². The van der Waals surface area contributed by atoms with E-state index in [1.165, 1.54) is 11.1 Å². The number of amides is 1. The van der Waals surface area contributed by atoms with Gasteiger partial charge in [0, 0.05) is 57.3 Å². The molecule has 0 atom stereocenters. The topological polar surface area (TPSA) is 112 Å². The van der Waals surface area contributed by atoms with Gasteiger partial charge in [-0.15, -0.1) is 0 Å². The predicted octanol–water partition coefficient (Wildman–Crippen LogP) is 1.14. The number of halogens is 1. The third-order valence-corrected chi connectivity index (χ3v) is 5.72. The number of carbonyl (C=O) groups is 2. The lowest BCUT2D eigenvalue weighted by atomic mass is 10.0. The molecule has 0 spiro atoms. The Morgan fingerprint density at radius 1 is 1.12 bits per heavy atom. The number of piperazine rings is 1. The Morgan fingerprint density at radius 2 is 1.91 bits per heavy atom. The van der Waals surface area contributed by atoms with Gasteiger partial charge in [0.05, 0.1) is 30.1 Å². The van der Waals surface area contributed by atoms with Crippen molar-refractivity contribution in [2.24, 2.45) is 0 Å². The molecule has 1 saturated heterocycles. The van der Waals surface area contributed by atoms with Crippen LogP contribution in [0.25, 0.3) is 0 Å². The van der Waals surface area contributed by atoms with E-state index in [4.69, 9.17) is 16.3 Å². The van der Waals surface area contributed by atoms with Gasteiger partial charge in [-0.1, -0.05) is 11.6 Å². The van der Waals surface area contributed by atoms with Gasteiger partial charge in [0.25, 0.3) is 5.56 Å². The molecule has 10 nitrogen and oxygen atoms in total. The van der Waals surface area contributed by atoms with Crippen molar-refractivity contribution in [1.29, 1.82) is 0 Å². The molecular weight excluding hydrogens is 448 g/mol. The Bertz CT molecular complexity index is 976. The number of ether oxygens (including phenoxy) is 1. The summed E-state index contributed by atoms with van der Waals surface area (Å²) in [6, 6.07) is 3.87. The van der Waals surface area contributed by atoms with Crippen LogP contribution >= 0.6 is 11.6 Å². The minimum atomic E-state index is -0.253. The molecular formula is C22H29ClN6O4. The lowest BCUT2D eigenvalue weighted by Gasteiger charge is -2.33. The van der Waals surface area contributed by atoms with Crippen LogP contribution in [0, 0.1) is 0 Å². The van der Waals surface area contributed by atoms with Gasteiger partial charge in [0.2, 0.25) is 5.91 Å². The first-order chi connectivity index (χ1) is 16.0. The summed E-state index contributed by atoms with van der Waals surface area (Å²) in [6.45, 7) is 5.32. The highest BCUT2D eigenvalue weighted by Crippen LogP contribution is 2.23. The molecule has 33 heavy (non-hydrogen) atoms. The van der Waals surface area contributed by atoms with Crippen LogP contribution in [-0.4, -0.2) is 85.3 Å². The molecule has 2 aromatic rings. The first-order valence-electron chi connectivity index (χ1n) is 10.9. The van der Waals surface area contributed by atoms with Crippen LogP contribution in [0.2, 0.25) is 5.02 Å². The minimum Gasteiger partial charge on any atom is -0.379 e. The summed E-state index contributed by atoms with van der Waals surface area (Å²) in [5.41, 5.74) is 0.887. The molecule has 4 heterocycles. The van der Waals surface area contributed by atoms with Crippen LogP contribution < -0.4 is 15.4 Å². The zero-order valence-electron chi connectivity index (χ0n) is 18.7. The van der Waals surface area contributed by atoms with Gasteiger partial charge in [-0.2, -0.15) is 5.10 Å². The molecule has 4 rings (SSSR count). The number of pyridine rings is 1. The van der Waals surface area contributed by atoms with Crippen LogP contribution in [0.1, 0.15) is 18.4 Å². The van der Waals surface area contributed by atoms with Crippen LogP contribution in [0.4, 0.5) is 11.5 Å². The highest BCUT2D eigenvalue weighted by atomic mass is 35.5. The molecule has 1 N–H and O–H groups in total. The molecule has 2 aliphatic rings. The number of carbonyl (C=O) groups excluding carboxylic acids is 2. The van der Waals surface area contributed by atoms with Crippen LogP contribution in [0.3, 0.4) is 0 Å². The van der Waals surface area contributed by atoms with E-state index >= 15 is 0 Å². The smallest absolute Gasteiger partial charge is 0.269 e. The van der Waals surface area contributed by atoms with E-state index in [1.807, 2.05) is 12.1 Å². The zero-order valence-corrected chi connectivity index (χ0v) is 19.5. The van der Waals surface area contributed by atoms with E-state index in [1.54, 1.807) is 6.20 Å². The number of hydrogen-bond acceptors (Lipinski definition) is 8. The molecule has 2 aliphatic heterocycles. The summed E-state index contributed by atoms with van der Waals surface area (Å²) >= 11 is 5.78. The number of hydrogen-bond donors (Lipinski definition) is 1. The van der Waals surface area contributed by atoms with Gasteiger partial charge in [-0.25, -0.2) is 10.1 Å². The Labute approximate surface area is 197 Å². The molecule has 0 aliphatic carbocycles. The van der Waals surface area contributed by atoms with Gasteiger partial charge >= 0.3 is 0 Å². The number of nitrogens with one attached hydrogen (secondary N) is 1. The summed E-state index contributed by atoms with van der Waals surface area (Å²) in [5.74, 6) is 0.987. The fraction of sp³-hybridized carbons (Fsp3) is 0.500. The lowest BCUT2D eigenvalue weighted by Crippen LogP contribution is -2.44. The average Bonchev–Trinajstić information content (AvgIpc) is 2.82. The van der Waals surface area contributed by atoms with Gasteiger partial charge in [-0.05, 0) is 25.6 Å². The number of aldehydes is 1. The Morgan fingerprint density at radius 3 is 2.61 bits per heavy atom. The number of anilines is 2. The van der Waals surface area contributed by atoms with Crippen molar-refractivity contribution in [1.82, 2.24) is 20.1 Å². The Kier molecular flexibility index (Phi) is 9.35. The Balaban J connectivity index is 0.000000194. The summed E-state index contributed by atoms with van der Waals surface area (Å²) in [4.78, 5) is 44.0. The molecule has 1 fully saturated rings. The molecule has 11 heteroatoms. The molecule has 0 radical (unpaired) electrons. The van der Waals surface area contributed by atoms with Crippen molar-refractivity contribution in [2.45, 2.75) is 19.3 Å². The van der Waals surface area contributed by atoms with E-state index in [-0.39, 0.29) is 11.5 Å². The monoisotopic (exact) mass is 476 g/mol. The zero-order chi connectivity index (χ0) is 23.6. The fourth-order valence-electron chi connectivity index (χ4n) is 3.61. The van der Waals surface area contributed by atoms with Crippen molar-refractivity contribution in [3.05, 3.63) is 45.5 Å². The van der Waals surface area contributed by atoms with Gasteiger partial charge in [-0.3, -0.25) is 9.59 Å². The van der Waals surface area contributed by atoms with Crippen LogP contribution in [0.5, 0.6) is 0 Å². The van der Waals surface area contributed by atoms with E-state index < -0.39 is 0 Å². The average molecular weight is 477 g/mol. The number of aromatic nitrogens is 3. The van der Waals surface area contributed by atoms with Crippen LogP contribution in [0.15, 0.2) is 29.3 Å². The number of fused-ring (bicyclic) bond motifs is 1. The quantitative estimate of drug-likeness (QED) is 0.467. The predicted molar refractivity (Wildman–Crippen MR) is 126 cm³/mol. The fourth-order valence-corrected chi connectivity index (χ4v) is 3.73. The van der Waals surface area contributed by atoms with Gasteiger partial charge < -0.3 is 24.2 Å². The van der Waals surface area contributed by atoms with Crippen molar-refractivity contribution in [2.75, 3.05) is 62.8 Å². The highest BCUT2D eigenvalue weighted by molar-refractivity contribution is 6.30. The molecule has 0 bridgehead atoms. The molecule has 0 saturated carbocycles. The van der Waals surface area contributed by atoms with Gasteiger partial charge in [0.1, 0.15) is 12.1 Å². The maximum Gasteiger partial charge on any atom is 0.269 e. The maximum absolute atomic E-state index is 11.9. The summed E-state index contributed by atoms with van der Waals surface area (Å²) in [7, 11) is 2.15. The number of rotatable bonds is 7. The van der Waals surface area contributed by atoms with E-state index in [0.717, 1.165) is 38.3 Å². The molecule has 2 aromatic heterocycles. The van der Waals surface area contributed by atoms with Gasteiger partial charge in [0.15, 0.2) is 0 Å².